The molecule has 2 aliphatic heterocycles. The number of aliphatic hydroxyl groups is 1. The van der Waals surface area contributed by atoms with Crippen LogP contribution in [-0.2, 0) is 9.53 Å². The summed E-state index contributed by atoms with van der Waals surface area (Å²) in [4.78, 5) is 30.3. The molecule has 3 aliphatic rings. The van der Waals surface area contributed by atoms with Crippen LogP contribution in [0.3, 0.4) is 0 Å². The number of alkyl halides is 2. The van der Waals surface area contributed by atoms with E-state index in [4.69, 9.17) is 9.47 Å². The highest BCUT2D eigenvalue weighted by Crippen LogP contribution is 2.33. The van der Waals surface area contributed by atoms with Crippen molar-refractivity contribution in [2.45, 2.75) is 63.2 Å². The predicted octanol–water partition coefficient (Wildman–Crippen LogP) is 3.55. The Morgan fingerprint density at radius 1 is 1.12 bits per heavy atom. The second kappa shape index (κ2) is 11.9. The highest BCUT2D eigenvalue weighted by Gasteiger charge is 2.35. The smallest absolute Gasteiger partial charge is 0.296 e. The maximum absolute atomic E-state index is 14.1. The van der Waals surface area contributed by atoms with Crippen LogP contribution in [0.15, 0.2) is 30.3 Å². The Labute approximate surface area is 237 Å². The van der Waals surface area contributed by atoms with Gasteiger partial charge >= 0.3 is 0 Å². The number of aliphatic hydroxyl groups excluding tert-OH is 1. The number of imidazole rings is 1. The fourth-order valence-electron chi connectivity index (χ4n) is 6.31. The van der Waals surface area contributed by atoms with Gasteiger partial charge in [-0.1, -0.05) is 12.1 Å². The number of likely N-dealkylation sites (tertiary alicyclic amines) is 1. The number of benzene rings is 1. The molecule has 3 aromatic rings. The standard InChI is InChI=1S/C29H36F2N6O4/c1-35-17-19(38)15-23(35)24(39)14-18-6-8-20(9-7-18)41-26-16-25(33-29(34-26)36-10-12-40-13-11-36)37-22-5-3-2-4-21(22)32-28(37)27(30)31/h2-5,16,18-20,23,27,38H,6-15,17H2,1H3/t18?,19-,20?,23+/m1/s1. The minimum Gasteiger partial charge on any atom is -0.474 e. The molecule has 0 spiro atoms. The van der Waals surface area contributed by atoms with E-state index >= 15 is 0 Å². The summed E-state index contributed by atoms with van der Waals surface area (Å²) in [7, 11) is 1.89. The fourth-order valence-corrected chi connectivity index (χ4v) is 6.31. The van der Waals surface area contributed by atoms with E-state index in [1.54, 1.807) is 30.3 Å². The summed E-state index contributed by atoms with van der Waals surface area (Å²) in [5, 5.41) is 9.90. The summed E-state index contributed by atoms with van der Waals surface area (Å²) >= 11 is 0. The van der Waals surface area contributed by atoms with E-state index in [1.807, 2.05) is 16.8 Å². The highest BCUT2D eigenvalue weighted by atomic mass is 19.3. The van der Waals surface area contributed by atoms with Crippen molar-refractivity contribution in [3.05, 3.63) is 36.2 Å². The molecule has 0 bridgehead atoms. The lowest BCUT2D eigenvalue weighted by molar-refractivity contribution is -0.124. The number of morpholine rings is 1. The Bertz CT molecular complexity index is 1370. The topological polar surface area (TPSA) is 106 Å². The molecule has 220 valence electrons. The van der Waals surface area contributed by atoms with Crippen molar-refractivity contribution in [3.63, 3.8) is 0 Å². The molecule has 41 heavy (non-hydrogen) atoms. The number of carbonyl (C=O) groups excluding carboxylic acids is 1. The molecule has 4 heterocycles. The van der Waals surface area contributed by atoms with E-state index in [0.29, 0.717) is 68.6 Å². The van der Waals surface area contributed by atoms with Gasteiger partial charge in [0.1, 0.15) is 17.7 Å². The molecule has 3 fully saturated rings. The molecule has 1 saturated carbocycles. The van der Waals surface area contributed by atoms with E-state index < -0.39 is 12.5 Å². The number of aromatic nitrogens is 4. The first-order chi connectivity index (χ1) is 19.9. The molecule has 1 N–H and O–H groups in total. The van der Waals surface area contributed by atoms with E-state index in [1.165, 1.54) is 4.57 Å². The molecule has 2 aromatic heterocycles. The number of β-amino-alcohol motifs (C(OH)–C–C–N with tert-alkyl or cyclic N) is 1. The van der Waals surface area contributed by atoms with Crippen LogP contribution < -0.4 is 9.64 Å². The van der Waals surface area contributed by atoms with E-state index in [0.717, 1.165) is 25.7 Å². The molecule has 0 unspecified atom stereocenters. The molecule has 1 aliphatic carbocycles. The van der Waals surface area contributed by atoms with Gasteiger partial charge < -0.3 is 19.5 Å². The van der Waals surface area contributed by atoms with Crippen molar-refractivity contribution in [2.75, 3.05) is 44.8 Å². The van der Waals surface area contributed by atoms with Gasteiger partial charge in [-0.25, -0.2) is 13.8 Å². The number of hydrogen-bond donors (Lipinski definition) is 1. The monoisotopic (exact) mass is 570 g/mol. The first-order valence-corrected chi connectivity index (χ1v) is 14.4. The van der Waals surface area contributed by atoms with Crippen LogP contribution in [0, 0.1) is 5.92 Å². The van der Waals surface area contributed by atoms with Gasteiger partial charge in [0.2, 0.25) is 11.8 Å². The Kier molecular flexibility index (Phi) is 8.14. The average Bonchev–Trinajstić information content (AvgIpc) is 3.54. The lowest BCUT2D eigenvalue weighted by Crippen LogP contribution is -2.37. The van der Waals surface area contributed by atoms with Gasteiger partial charge in [0.25, 0.3) is 6.43 Å². The van der Waals surface area contributed by atoms with Gasteiger partial charge in [-0.2, -0.15) is 9.97 Å². The number of halogens is 2. The first kappa shape index (κ1) is 27.9. The molecule has 1 aromatic carbocycles. The summed E-state index contributed by atoms with van der Waals surface area (Å²) in [6.45, 7) is 2.76. The Morgan fingerprint density at radius 3 is 2.59 bits per heavy atom. The zero-order valence-electron chi connectivity index (χ0n) is 23.2. The molecule has 2 atom stereocenters. The van der Waals surface area contributed by atoms with Crippen LogP contribution in [-0.4, -0.2) is 93.5 Å². The Hall–Kier alpha value is -3.22. The lowest BCUT2D eigenvalue weighted by atomic mass is 9.83. The molecule has 0 amide bonds. The molecule has 0 radical (unpaired) electrons. The number of rotatable bonds is 8. The number of hydrogen-bond acceptors (Lipinski definition) is 9. The third-order valence-electron chi connectivity index (χ3n) is 8.45. The number of Topliss-reactive ketones (excluding diaryl/α,β-unsaturated/α-hetero) is 1. The maximum atomic E-state index is 14.1. The van der Waals surface area contributed by atoms with E-state index in [2.05, 4.69) is 15.0 Å². The van der Waals surface area contributed by atoms with Crippen LogP contribution in [0.25, 0.3) is 16.9 Å². The summed E-state index contributed by atoms with van der Waals surface area (Å²) in [6, 6.07) is 8.41. The molecule has 2 saturated heterocycles. The van der Waals surface area contributed by atoms with Crippen LogP contribution >= 0.6 is 0 Å². The summed E-state index contributed by atoms with van der Waals surface area (Å²) in [5.41, 5.74) is 0.994. The quantitative estimate of drug-likeness (QED) is 0.435. The number of para-hydroxylation sites is 2. The fraction of sp³-hybridized carbons (Fsp3) is 0.586. The molecular formula is C29H36F2N6O4. The van der Waals surface area contributed by atoms with Gasteiger partial charge in [0, 0.05) is 32.1 Å². The average molecular weight is 571 g/mol. The summed E-state index contributed by atoms with van der Waals surface area (Å²) in [5.74, 6) is 1.12. The first-order valence-electron chi connectivity index (χ1n) is 14.4. The third kappa shape index (κ3) is 6.05. The number of ketones is 1. The summed E-state index contributed by atoms with van der Waals surface area (Å²) < 4.78 is 41.5. The van der Waals surface area contributed by atoms with Gasteiger partial charge in [-0.3, -0.25) is 14.3 Å². The highest BCUT2D eigenvalue weighted by molar-refractivity contribution is 5.84. The van der Waals surface area contributed by atoms with Crippen molar-refractivity contribution in [3.8, 4) is 11.7 Å². The number of fused-ring (bicyclic) bond motifs is 1. The third-order valence-corrected chi connectivity index (χ3v) is 8.45. The number of anilines is 1. The van der Waals surface area contributed by atoms with E-state index in [-0.39, 0.29) is 35.5 Å². The number of likely N-dealkylation sites (N-methyl/N-ethyl adjacent to an activating group) is 1. The van der Waals surface area contributed by atoms with Crippen molar-refractivity contribution >= 4 is 22.8 Å². The van der Waals surface area contributed by atoms with Gasteiger partial charge in [0.15, 0.2) is 5.82 Å². The van der Waals surface area contributed by atoms with Crippen LogP contribution in [0.5, 0.6) is 5.88 Å². The SMILES string of the molecule is CN1C[C@H](O)C[C@H]1C(=O)CC1CCC(Oc2cc(-n3c(C(F)F)nc4ccccc43)nc(N3CCOCC3)n2)CC1. The minimum absolute atomic E-state index is 0.105. The van der Waals surface area contributed by atoms with Crippen LogP contribution in [0.2, 0.25) is 0 Å². The lowest BCUT2D eigenvalue weighted by Gasteiger charge is -2.30. The number of nitrogens with zero attached hydrogens (tertiary/aromatic N) is 6. The van der Waals surface area contributed by atoms with Crippen molar-refractivity contribution in [2.24, 2.45) is 5.92 Å². The van der Waals surface area contributed by atoms with Gasteiger partial charge in [-0.15, -0.1) is 0 Å². The van der Waals surface area contributed by atoms with Gasteiger partial charge in [-0.05, 0) is 57.2 Å². The van der Waals surface area contributed by atoms with Crippen molar-refractivity contribution in [1.29, 1.82) is 0 Å². The zero-order valence-corrected chi connectivity index (χ0v) is 23.2. The number of ether oxygens (including phenoxy) is 2. The Morgan fingerprint density at radius 2 is 1.88 bits per heavy atom. The predicted molar refractivity (Wildman–Crippen MR) is 148 cm³/mol. The molecule has 10 nitrogen and oxygen atoms in total. The van der Waals surface area contributed by atoms with Gasteiger partial charge in [0.05, 0.1) is 36.4 Å². The minimum atomic E-state index is -2.79. The van der Waals surface area contributed by atoms with Crippen LogP contribution in [0.1, 0.15) is 50.8 Å². The van der Waals surface area contributed by atoms with Crippen LogP contribution in [0.4, 0.5) is 14.7 Å². The number of carbonyl (C=O) groups is 1. The molecular weight excluding hydrogens is 534 g/mol. The zero-order chi connectivity index (χ0) is 28.5. The molecule has 6 rings (SSSR count). The molecule has 12 heteroatoms. The second-order valence-corrected chi connectivity index (χ2v) is 11.3. The largest absolute Gasteiger partial charge is 0.474 e. The normalized spacial score (nSPS) is 25.7. The van der Waals surface area contributed by atoms with E-state index in [9.17, 15) is 18.7 Å². The van der Waals surface area contributed by atoms with Crippen molar-refractivity contribution < 1.29 is 28.2 Å². The maximum Gasteiger partial charge on any atom is 0.296 e. The second-order valence-electron chi connectivity index (χ2n) is 11.3. The Balaban J connectivity index is 1.21. The summed E-state index contributed by atoms with van der Waals surface area (Å²) in [6.07, 6.45) is 0.927. The van der Waals surface area contributed by atoms with Crippen molar-refractivity contribution in [1.82, 2.24) is 24.4 Å².